The van der Waals surface area contributed by atoms with Gasteiger partial charge >= 0.3 is 47.8 Å². The van der Waals surface area contributed by atoms with E-state index in [9.17, 15) is 38.4 Å². The number of esters is 8. The zero-order chi connectivity index (χ0) is 52.4. The number of hydrogen-bond donors (Lipinski definition) is 0. The number of rotatable bonds is 12. The van der Waals surface area contributed by atoms with Crippen LogP contribution in [0.3, 0.4) is 0 Å². The highest BCUT2D eigenvalue weighted by Crippen LogP contribution is 2.57. The van der Waals surface area contributed by atoms with Crippen LogP contribution < -0.4 is 0 Å². The van der Waals surface area contributed by atoms with E-state index in [2.05, 4.69) is 0 Å². The third-order valence-electron chi connectivity index (χ3n) is 19.0. The van der Waals surface area contributed by atoms with Gasteiger partial charge < -0.3 is 37.9 Å². The van der Waals surface area contributed by atoms with Crippen molar-refractivity contribution in [1.82, 2.24) is 0 Å². The molecule has 10 rings (SSSR count). The van der Waals surface area contributed by atoms with Gasteiger partial charge in [0.15, 0.2) is 0 Å². The second-order valence-electron chi connectivity index (χ2n) is 24.1. The van der Waals surface area contributed by atoms with Crippen molar-refractivity contribution in [3.05, 3.63) is 0 Å². The van der Waals surface area contributed by atoms with Gasteiger partial charge in [0.1, 0.15) is 24.4 Å². The van der Waals surface area contributed by atoms with Crippen LogP contribution in [0.1, 0.15) is 159 Å². The summed E-state index contributed by atoms with van der Waals surface area (Å²) in [7, 11) is 0. The van der Waals surface area contributed by atoms with Crippen LogP contribution in [0, 0.1) is 93.7 Å². The molecule has 18 unspecified atom stereocenters. The number of cyclic esters (lactones) is 4. The SMILES string of the molecule is CCC(C)(C)C(=O)OC1CC2CC1C1C(=O)OCC21.CCC(C)(C)C(=O)OC1CCC2COC(=O)C2C1.CCC(C)C(=O)OC1CC2CC1C1C(=O)OCC21.CCC(C)C(=O)OC1CCC2COC(=O)C2C1. The van der Waals surface area contributed by atoms with Gasteiger partial charge in [0.05, 0.1) is 72.8 Å². The predicted octanol–water partition coefficient (Wildman–Crippen LogP) is 8.16. The average Bonchev–Trinajstić information content (AvgIpc) is 4.26. The maximum absolute atomic E-state index is 12.2. The molecule has 18 atom stereocenters. The molecular formula is C56H84O16. The Balaban J connectivity index is 0.000000141. The summed E-state index contributed by atoms with van der Waals surface area (Å²) in [6.45, 7) is 21.6. The standard InChI is InChI=1S/C15H22O4.C14H20O4.C14H22O4.C13H20O4/c1-4-15(2,3)14(17)19-11-6-8-5-9(11)12-10(8)7-18-13(12)16;1-3-7(2)13(15)18-11-5-8-4-9(11)12-10(8)6-17-14(12)16;1-4-14(2,3)13(16)18-10-6-5-9-8-17-12(15)11(9)7-10;1-3-8(2)12(14)17-10-5-4-9-7-16-13(15)11(9)6-10/h8-12H,4-7H2,1-3H3;7-12H,3-6H2,1-2H3;9-11H,4-8H2,1-3H3;8-11H,3-7H2,1-2H3. The number of carbonyl (C=O) groups is 8. The zero-order valence-corrected chi connectivity index (χ0v) is 44.7. The smallest absolute Gasteiger partial charge is 0.311 e. The van der Waals surface area contributed by atoms with Gasteiger partial charge in [0, 0.05) is 35.5 Å². The molecule has 10 aliphatic rings. The minimum Gasteiger partial charge on any atom is -0.465 e. The Labute approximate surface area is 426 Å². The summed E-state index contributed by atoms with van der Waals surface area (Å²) in [6, 6.07) is 0. The van der Waals surface area contributed by atoms with Gasteiger partial charge in [-0.3, -0.25) is 38.4 Å². The van der Waals surface area contributed by atoms with Crippen molar-refractivity contribution in [3.63, 3.8) is 0 Å². The molecule has 4 bridgehead atoms. The molecule has 0 N–H and O–H groups in total. The first-order valence-corrected chi connectivity index (χ1v) is 27.6. The molecular weight excluding hydrogens is 929 g/mol. The van der Waals surface area contributed by atoms with Crippen molar-refractivity contribution in [2.45, 2.75) is 184 Å². The van der Waals surface area contributed by atoms with Gasteiger partial charge in [-0.25, -0.2) is 0 Å². The summed E-state index contributed by atoms with van der Waals surface area (Å²) in [5, 5.41) is 0. The van der Waals surface area contributed by atoms with Crippen LogP contribution in [-0.2, 0) is 76.3 Å². The molecule has 0 aromatic rings. The summed E-state index contributed by atoms with van der Waals surface area (Å²) >= 11 is 0. The molecule has 0 aromatic heterocycles. The van der Waals surface area contributed by atoms with Gasteiger partial charge in [0.25, 0.3) is 0 Å². The summed E-state index contributed by atoms with van der Waals surface area (Å²) in [5.74, 6) is 1.77. The quantitative estimate of drug-likeness (QED) is 0.133. The van der Waals surface area contributed by atoms with Gasteiger partial charge in [-0.1, -0.05) is 41.5 Å². The highest BCUT2D eigenvalue weighted by Gasteiger charge is 2.61. The van der Waals surface area contributed by atoms with E-state index in [1.807, 2.05) is 69.2 Å². The minimum atomic E-state index is -0.437. The molecule has 16 nitrogen and oxygen atoms in total. The molecule has 0 amide bonds. The first-order chi connectivity index (χ1) is 34.1. The largest absolute Gasteiger partial charge is 0.465 e. The number of ether oxygens (including phenoxy) is 8. The molecule has 0 spiro atoms. The van der Waals surface area contributed by atoms with Crippen LogP contribution in [0.2, 0.25) is 0 Å². The Morgan fingerprint density at radius 1 is 0.472 bits per heavy atom. The van der Waals surface area contributed by atoms with E-state index >= 15 is 0 Å². The lowest BCUT2D eigenvalue weighted by Crippen LogP contribution is -2.38. The first-order valence-electron chi connectivity index (χ1n) is 27.6. The third kappa shape index (κ3) is 12.0. The fourth-order valence-electron chi connectivity index (χ4n) is 12.8. The van der Waals surface area contributed by atoms with E-state index in [-0.39, 0.29) is 120 Å². The van der Waals surface area contributed by atoms with Crippen LogP contribution in [0.4, 0.5) is 0 Å². The molecule has 404 valence electrons. The summed E-state index contributed by atoms with van der Waals surface area (Å²) in [4.78, 5) is 94.2. The van der Waals surface area contributed by atoms with E-state index in [1.165, 1.54) is 0 Å². The Hall–Kier alpha value is -4.24. The van der Waals surface area contributed by atoms with Crippen LogP contribution >= 0.6 is 0 Å². The van der Waals surface area contributed by atoms with Crippen LogP contribution in [0.15, 0.2) is 0 Å². The molecule has 4 saturated heterocycles. The fourth-order valence-corrected chi connectivity index (χ4v) is 12.8. The Morgan fingerprint density at radius 2 is 0.861 bits per heavy atom. The topological polar surface area (TPSA) is 210 Å². The van der Waals surface area contributed by atoms with Crippen molar-refractivity contribution >= 4 is 47.8 Å². The van der Waals surface area contributed by atoms with Crippen molar-refractivity contribution < 1.29 is 76.3 Å². The molecule has 6 aliphatic carbocycles. The number of hydrogen-bond acceptors (Lipinski definition) is 16. The van der Waals surface area contributed by atoms with Crippen molar-refractivity contribution in [2.24, 2.45) is 93.7 Å². The normalized spacial score (nSPS) is 37.1. The molecule has 0 aromatic carbocycles. The number of fused-ring (bicyclic) bond motifs is 12. The summed E-state index contributed by atoms with van der Waals surface area (Å²) in [6.07, 6.45) is 11.5. The lowest BCUT2D eigenvalue weighted by molar-refractivity contribution is -0.165. The highest BCUT2D eigenvalue weighted by atomic mass is 16.6. The Morgan fingerprint density at radius 3 is 1.29 bits per heavy atom. The molecule has 6 saturated carbocycles. The van der Waals surface area contributed by atoms with Crippen molar-refractivity contribution in [1.29, 1.82) is 0 Å². The molecule has 10 fully saturated rings. The Kier molecular flexibility index (Phi) is 17.8. The average molecular weight is 1010 g/mol. The highest BCUT2D eigenvalue weighted by molar-refractivity contribution is 5.79. The second kappa shape index (κ2) is 23.1. The second-order valence-corrected chi connectivity index (χ2v) is 24.1. The monoisotopic (exact) mass is 1010 g/mol. The van der Waals surface area contributed by atoms with E-state index in [0.29, 0.717) is 74.8 Å². The minimum absolute atomic E-state index is 0.00140. The van der Waals surface area contributed by atoms with Crippen LogP contribution in [0.5, 0.6) is 0 Å². The van der Waals surface area contributed by atoms with E-state index < -0.39 is 10.8 Å². The zero-order valence-electron chi connectivity index (χ0n) is 44.7. The lowest BCUT2D eigenvalue weighted by Gasteiger charge is -2.31. The third-order valence-corrected chi connectivity index (χ3v) is 19.0. The van der Waals surface area contributed by atoms with Gasteiger partial charge in [-0.15, -0.1) is 0 Å². The molecule has 4 heterocycles. The van der Waals surface area contributed by atoms with E-state index in [0.717, 1.165) is 77.0 Å². The number of carbonyl (C=O) groups excluding carboxylic acids is 8. The van der Waals surface area contributed by atoms with Crippen molar-refractivity contribution in [2.75, 3.05) is 26.4 Å². The lowest BCUT2D eigenvalue weighted by atomic mass is 9.79. The molecule has 0 radical (unpaired) electrons. The fraction of sp³-hybridized carbons (Fsp3) is 0.857. The van der Waals surface area contributed by atoms with Gasteiger partial charge in [0.2, 0.25) is 0 Å². The van der Waals surface area contributed by atoms with Crippen LogP contribution in [-0.4, -0.2) is 98.6 Å². The van der Waals surface area contributed by atoms with Crippen molar-refractivity contribution in [3.8, 4) is 0 Å². The predicted molar refractivity (Wildman–Crippen MR) is 258 cm³/mol. The van der Waals surface area contributed by atoms with Gasteiger partial charge in [-0.05, 0) is 129 Å². The first kappa shape index (κ1) is 55.5. The maximum Gasteiger partial charge on any atom is 0.311 e. The summed E-state index contributed by atoms with van der Waals surface area (Å²) < 4.78 is 42.7. The van der Waals surface area contributed by atoms with Crippen LogP contribution in [0.25, 0.3) is 0 Å². The molecule has 72 heavy (non-hydrogen) atoms. The summed E-state index contributed by atoms with van der Waals surface area (Å²) in [5.41, 5.74) is -0.871. The van der Waals surface area contributed by atoms with E-state index in [1.54, 1.807) is 0 Å². The maximum atomic E-state index is 12.2. The van der Waals surface area contributed by atoms with E-state index in [4.69, 9.17) is 37.9 Å². The molecule has 4 aliphatic heterocycles. The Bertz CT molecular complexity index is 2010. The van der Waals surface area contributed by atoms with Gasteiger partial charge in [-0.2, -0.15) is 0 Å². The molecule has 16 heteroatoms.